The number of hydrogen-bond acceptors (Lipinski definition) is 4. The molecule has 0 aromatic heterocycles. The molecule has 0 aliphatic heterocycles. The number of nitrogens with zero attached hydrogens (tertiary/aromatic N) is 3. The third-order valence-electron chi connectivity index (χ3n) is 3.97. The first-order valence-corrected chi connectivity index (χ1v) is 10.8. The SMILES string of the molecule is CCNC(=NCCS(=O)(=O)N(CC)CC)N(C)Cc1ccc(OC(F)F)cc1.I. The molecule has 0 fully saturated rings. The van der Waals surface area contributed by atoms with Crippen molar-refractivity contribution in [1.29, 1.82) is 0 Å². The third kappa shape index (κ3) is 9.90. The highest BCUT2D eigenvalue weighted by molar-refractivity contribution is 14.0. The molecule has 0 aliphatic carbocycles. The molecule has 1 aromatic carbocycles. The van der Waals surface area contributed by atoms with Gasteiger partial charge in [-0.2, -0.15) is 8.78 Å². The molecule has 168 valence electrons. The number of hydrogen-bond donors (Lipinski definition) is 1. The topological polar surface area (TPSA) is 74.2 Å². The molecule has 0 saturated heterocycles. The van der Waals surface area contributed by atoms with Gasteiger partial charge in [0.25, 0.3) is 0 Å². The number of halogens is 3. The summed E-state index contributed by atoms with van der Waals surface area (Å²) < 4.78 is 54.7. The quantitative estimate of drug-likeness (QED) is 0.262. The summed E-state index contributed by atoms with van der Waals surface area (Å²) in [6, 6.07) is 6.36. The van der Waals surface area contributed by atoms with Crippen molar-refractivity contribution in [3.63, 3.8) is 0 Å². The zero-order valence-corrected chi connectivity index (χ0v) is 20.4. The Bertz CT molecular complexity index is 714. The highest BCUT2D eigenvalue weighted by Gasteiger charge is 2.18. The van der Waals surface area contributed by atoms with Crippen molar-refractivity contribution < 1.29 is 21.9 Å². The second-order valence-electron chi connectivity index (χ2n) is 6.01. The number of rotatable bonds is 11. The molecular weight excluding hydrogens is 517 g/mol. The van der Waals surface area contributed by atoms with Crippen molar-refractivity contribution in [3.05, 3.63) is 29.8 Å². The molecule has 7 nitrogen and oxygen atoms in total. The van der Waals surface area contributed by atoms with Gasteiger partial charge in [-0.05, 0) is 24.6 Å². The Morgan fingerprint density at radius 3 is 2.24 bits per heavy atom. The Hall–Kier alpha value is -1.21. The average Bonchev–Trinajstić information content (AvgIpc) is 2.62. The summed E-state index contributed by atoms with van der Waals surface area (Å²) in [4.78, 5) is 6.25. The molecule has 0 heterocycles. The van der Waals surface area contributed by atoms with Crippen molar-refractivity contribution in [2.24, 2.45) is 4.99 Å². The van der Waals surface area contributed by atoms with E-state index >= 15 is 0 Å². The highest BCUT2D eigenvalue weighted by Crippen LogP contribution is 2.15. The standard InChI is InChI=1S/C18H30F2N4O3S.HI/c1-5-21-18(22-12-13-28(25,26)24(6-2)7-3)23(4)14-15-8-10-16(11-9-15)27-17(19)20;/h8-11,17H,5-7,12-14H2,1-4H3,(H,21,22);1H. The van der Waals surface area contributed by atoms with E-state index < -0.39 is 16.6 Å². The van der Waals surface area contributed by atoms with Crippen LogP contribution >= 0.6 is 24.0 Å². The lowest BCUT2D eigenvalue weighted by Crippen LogP contribution is -2.39. The van der Waals surface area contributed by atoms with Crippen LogP contribution in [-0.2, 0) is 16.6 Å². The van der Waals surface area contributed by atoms with Crippen molar-refractivity contribution >= 4 is 40.0 Å². The minimum Gasteiger partial charge on any atom is -0.435 e. The molecule has 0 amide bonds. The fourth-order valence-corrected chi connectivity index (χ4v) is 3.97. The lowest BCUT2D eigenvalue weighted by atomic mass is 10.2. The Kier molecular flexibility index (Phi) is 13.3. The van der Waals surface area contributed by atoms with Gasteiger partial charge in [-0.3, -0.25) is 4.99 Å². The first kappa shape index (κ1) is 27.8. The van der Waals surface area contributed by atoms with Gasteiger partial charge >= 0.3 is 6.61 Å². The zero-order valence-electron chi connectivity index (χ0n) is 17.3. The molecule has 0 spiro atoms. The number of ether oxygens (including phenoxy) is 1. The van der Waals surface area contributed by atoms with Crippen LogP contribution in [0, 0.1) is 0 Å². The number of benzene rings is 1. The molecule has 0 bridgehead atoms. The largest absolute Gasteiger partial charge is 0.435 e. The minimum absolute atomic E-state index is 0. The lowest BCUT2D eigenvalue weighted by molar-refractivity contribution is -0.0498. The fourth-order valence-electron chi connectivity index (χ4n) is 2.61. The molecule has 0 unspecified atom stereocenters. The van der Waals surface area contributed by atoms with Crippen LogP contribution in [0.5, 0.6) is 5.75 Å². The zero-order chi connectivity index (χ0) is 21.2. The van der Waals surface area contributed by atoms with E-state index in [4.69, 9.17) is 0 Å². The molecule has 1 aromatic rings. The van der Waals surface area contributed by atoms with Gasteiger partial charge in [0.15, 0.2) is 5.96 Å². The summed E-state index contributed by atoms with van der Waals surface area (Å²) in [7, 11) is -1.50. The molecule has 0 radical (unpaired) electrons. The van der Waals surface area contributed by atoms with Gasteiger partial charge in [0.2, 0.25) is 10.0 Å². The van der Waals surface area contributed by atoms with Crippen LogP contribution in [0.2, 0.25) is 0 Å². The molecular formula is C18H31F2IN4O3S. The predicted octanol–water partition coefficient (Wildman–Crippen LogP) is 2.97. The number of guanidine groups is 1. The Labute approximate surface area is 189 Å². The number of sulfonamides is 1. The van der Waals surface area contributed by atoms with Crippen molar-refractivity contribution in [3.8, 4) is 5.75 Å². The minimum atomic E-state index is -3.33. The monoisotopic (exact) mass is 548 g/mol. The maximum Gasteiger partial charge on any atom is 0.387 e. The van der Waals surface area contributed by atoms with Gasteiger partial charge in [0, 0.05) is 33.2 Å². The van der Waals surface area contributed by atoms with Gasteiger partial charge in [-0.25, -0.2) is 12.7 Å². The van der Waals surface area contributed by atoms with E-state index in [-0.39, 0.29) is 42.0 Å². The van der Waals surface area contributed by atoms with Crippen LogP contribution in [0.1, 0.15) is 26.3 Å². The van der Waals surface area contributed by atoms with E-state index in [1.807, 2.05) is 18.9 Å². The van der Waals surface area contributed by atoms with Crippen LogP contribution in [0.4, 0.5) is 8.78 Å². The fraction of sp³-hybridized carbons (Fsp3) is 0.611. The van der Waals surface area contributed by atoms with E-state index in [1.165, 1.54) is 16.4 Å². The molecule has 0 saturated carbocycles. The van der Waals surface area contributed by atoms with Gasteiger partial charge in [-0.15, -0.1) is 24.0 Å². The van der Waals surface area contributed by atoms with Crippen molar-refractivity contribution in [2.45, 2.75) is 33.9 Å². The summed E-state index contributed by atoms with van der Waals surface area (Å²) in [5.74, 6) is 0.616. The van der Waals surface area contributed by atoms with E-state index in [0.717, 1.165) is 5.56 Å². The summed E-state index contributed by atoms with van der Waals surface area (Å²) in [6.07, 6.45) is 0. The van der Waals surface area contributed by atoms with Gasteiger partial charge in [0.05, 0.1) is 12.3 Å². The maximum atomic E-state index is 12.3. The molecule has 11 heteroatoms. The van der Waals surface area contributed by atoms with Crippen LogP contribution in [0.15, 0.2) is 29.3 Å². The Balaban J connectivity index is 0.00000784. The summed E-state index contributed by atoms with van der Waals surface area (Å²) in [5, 5.41) is 3.13. The molecule has 1 rings (SSSR count). The first-order chi connectivity index (χ1) is 13.2. The average molecular weight is 548 g/mol. The highest BCUT2D eigenvalue weighted by atomic mass is 127. The normalized spacial score (nSPS) is 12.1. The van der Waals surface area contributed by atoms with Gasteiger partial charge in [-0.1, -0.05) is 26.0 Å². The molecule has 0 atom stereocenters. The Morgan fingerprint density at radius 2 is 1.76 bits per heavy atom. The third-order valence-corrected chi connectivity index (χ3v) is 5.98. The summed E-state index contributed by atoms with van der Waals surface area (Å²) in [6.45, 7) is 4.81. The summed E-state index contributed by atoms with van der Waals surface area (Å²) >= 11 is 0. The second kappa shape index (κ2) is 13.9. The Morgan fingerprint density at radius 1 is 1.17 bits per heavy atom. The number of aliphatic imine (C=N–C) groups is 1. The first-order valence-electron chi connectivity index (χ1n) is 9.24. The maximum absolute atomic E-state index is 12.3. The van der Waals surface area contributed by atoms with Gasteiger partial charge in [0.1, 0.15) is 5.75 Å². The smallest absolute Gasteiger partial charge is 0.387 e. The molecule has 29 heavy (non-hydrogen) atoms. The predicted molar refractivity (Wildman–Crippen MR) is 123 cm³/mol. The van der Waals surface area contributed by atoms with Crippen molar-refractivity contribution in [2.75, 3.05) is 39.0 Å². The van der Waals surface area contributed by atoms with Gasteiger partial charge < -0.3 is 15.0 Å². The van der Waals surface area contributed by atoms with E-state index in [0.29, 0.717) is 32.1 Å². The van der Waals surface area contributed by atoms with E-state index in [1.54, 1.807) is 26.0 Å². The summed E-state index contributed by atoms with van der Waals surface area (Å²) in [5.41, 5.74) is 0.880. The molecule has 1 N–H and O–H groups in total. The van der Waals surface area contributed by atoms with Crippen LogP contribution in [0.3, 0.4) is 0 Å². The second-order valence-corrected chi connectivity index (χ2v) is 8.10. The molecule has 0 aliphatic rings. The van der Waals surface area contributed by atoms with Crippen LogP contribution in [-0.4, -0.2) is 69.2 Å². The van der Waals surface area contributed by atoms with E-state index in [2.05, 4.69) is 15.0 Å². The lowest BCUT2D eigenvalue weighted by Gasteiger charge is -2.23. The van der Waals surface area contributed by atoms with E-state index in [9.17, 15) is 17.2 Å². The van der Waals surface area contributed by atoms with Crippen LogP contribution < -0.4 is 10.1 Å². The number of nitrogens with one attached hydrogen (secondary N) is 1. The van der Waals surface area contributed by atoms with Crippen LogP contribution in [0.25, 0.3) is 0 Å². The number of alkyl halides is 2. The van der Waals surface area contributed by atoms with Crippen molar-refractivity contribution in [1.82, 2.24) is 14.5 Å².